The molecule has 1 aliphatic rings. The summed E-state index contributed by atoms with van der Waals surface area (Å²) >= 11 is 0. The van der Waals surface area contributed by atoms with Gasteiger partial charge in [0.1, 0.15) is 0 Å². The zero-order valence-electron chi connectivity index (χ0n) is 11.9. The summed E-state index contributed by atoms with van der Waals surface area (Å²) in [5.41, 5.74) is 1.39. The van der Waals surface area contributed by atoms with Gasteiger partial charge in [0.05, 0.1) is 6.26 Å². The maximum absolute atomic E-state index is 11.6. The highest BCUT2D eigenvalue weighted by Gasteiger charge is 2.42. The molecular weight excluding hydrogens is 276 g/mol. The zero-order valence-corrected chi connectivity index (χ0v) is 12.8. The summed E-state index contributed by atoms with van der Waals surface area (Å²) in [5, 5.41) is 2.89. The molecule has 1 aromatic carbocycles. The van der Waals surface area contributed by atoms with Gasteiger partial charge in [0.15, 0.2) is 0 Å². The minimum absolute atomic E-state index is 0.0667. The Kier molecular flexibility index (Phi) is 3.77. The van der Waals surface area contributed by atoms with Gasteiger partial charge in [-0.05, 0) is 23.6 Å². The molecule has 2 N–H and O–H groups in total. The molecule has 0 radical (unpaired) electrons. The molecule has 5 nitrogen and oxygen atoms in total. The highest BCUT2D eigenvalue weighted by Crippen LogP contribution is 2.38. The van der Waals surface area contributed by atoms with Crippen LogP contribution in [0.3, 0.4) is 0 Å². The fraction of sp³-hybridized carbons (Fsp3) is 0.500. The van der Waals surface area contributed by atoms with E-state index in [-0.39, 0.29) is 11.3 Å². The van der Waals surface area contributed by atoms with Crippen LogP contribution in [0.4, 0.5) is 5.69 Å². The minimum Gasteiger partial charge on any atom is -0.355 e. The summed E-state index contributed by atoms with van der Waals surface area (Å²) in [5.74, 6) is 0.382. The van der Waals surface area contributed by atoms with Crippen molar-refractivity contribution in [1.29, 1.82) is 0 Å². The van der Waals surface area contributed by atoms with E-state index < -0.39 is 10.0 Å². The van der Waals surface area contributed by atoms with Crippen molar-refractivity contribution >= 4 is 21.6 Å². The molecule has 1 saturated heterocycles. The number of hydrogen-bond donors (Lipinski definition) is 2. The number of sulfonamides is 1. The second-order valence-corrected chi connectivity index (χ2v) is 7.46. The van der Waals surface area contributed by atoms with Crippen molar-refractivity contribution in [2.45, 2.75) is 25.7 Å². The number of amides is 1. The zero-order chi connectivity index (χ0) is 15.0. The summed E-state index contributed by atoms with van der Waals surface area (Å²) < 4.78 is 24.8. The Morgan fingerprint density at radius 1 is 1.25 bits per heavy atom. The Morgan fingerprint density at radius 2 is 1.85 bits per heavy atom. The number of nitrogens with one attached hydrogen (secondary N) is 2. The average molecular weight is 296 g/mol. The third-order valence-electron chi connectivity index (χ3n) is 3.95. The van der Waals surface area contributed by atoms with E-state index in [0.29, 0.717) is 24.6 Å². The third kappa shape index (κ3) is 2.95. The van der Waals surface area contributed by atoms with Crippen LogP contribution in [0.2, 0.25) is 0 Å². The van der Waals surface area contributed by atoms with Crippen molar-refractivity contribution in [2.24, 2.45) is 5.92 Å². The lowest BCUT2D eigenvalue weighted by molar-refractivity contribution is -0.119. The first-order valence-corrected chi connectivity index (χ1v) is 8.47. The molecule has 1 unspecified atom stereocenters. The molecule has 0 spiro atoms. The topological polar surface area (TPSA) is 75.3 Å². The summed E-state index contributed by atoms with van der Waals surface area (Å²) in [4.78, 5) is 11.6. The van der Waals surface area contributed by atoms with E-state index in [1.54, 1.807) is 12.1 Å². The average Bonchev–Trinajstić information content (AvgIpc) is 2.72. The molecule has 1 atom stereocenters. The summed E-state index contributed by atoms with van der Waals surface area (Å²) in [6.45, 7) is 4.83. The van der Waals surface area contributed by atoms with Gasteiger partial charge in [-0.3, -0.25) is 9.52 Å². The molecule has 20 heavy (non-hydrogen) atoms. The van der Waals surface area contributed by atoms with Crippen LogP contribution < -0.4 is 10.0 Å². The van der Waals surface area contributed by atoms with Gasteiger partial charge in [0.2, 0.25) is 15.9 Å². The van der Waals surface area contributed by atoms with Crippen LogP contribution in [0, 0.1) is 5.92 Å². The van der Waals surface area contributed by atoms with Crippen LogP contribution >= 0.6 is 0 Å². The van der Waals surface area contributed by atoms with E-state index in [4.69, 9.17) is 0 Å². The van der Waals surface area contributed by atoms with Crippen molar-refractivity contribution in [3.63, 3.8) is 0 Å². The molecular formula is C14H20N2O3S. The highest BCUT2D eigenvalue weighted by atomic mass is 32.2. The smallest absolute Gasteiger partial charge is 0.229 e. The first-order chi connectivity index (χ1) is 9.23. The van der Waals surface area contributed by atoms with Crippen LogP contribution in [0.25, 0.3) is 0 Å². The number of carbonyl (C=O) groups excluding carboxylic acids is 1. The Hall–Kier alpha value is -1.56. The van der Waals surface area contributed by atoms with Gasteiger partial charge in [-0.1, -0.05) is 26.0 Å². The largest absolute Gasteiger partial charge is 0.355 e. The first-order valence-electron chi connectivity index (χ1n) is 6.58. The van der Waals surface area contributed by atoms with Gasteiger partial charge in [0.25, 0.3) is 0 Å². The van der Waals surface area contributed by atoms with Crippen LogP contribution in [-0.2, 0) is 20.2 Å². The monoisotopic (exact) mass is 296 g/mol. The molecule has 0 saturated carbocycles. The van der Waals surface area contributed by atoms with Crippen molar-refractivity contribution < 1.29 is 13.2 Å². The Balaban J connectivity index is 2.30. The van der Waals surface area contributed by atoms with Crippen molar-refractivity contribution in [1.82, 2.24) is 5.32 Å². The SMILES string of the molecule is CC(C)C1(c2ccc(NS(C)(=O)=O)cc2)CNC(=O)C1. The van der Waals surface area contributed by atoms with Crippen molar-refractivity contribution in [3.05, 3.63) is 29.8 Å². The molecule has 0 bridgehead atoms. The molecule has 0 aliphatic carbocycles. The maximum atomic E-state index is 11.6. The predicted molar refractivity (Wildman–Crippen MR) is 79.1 cm³/mol. The summed E-state index contributed by atoms with van der Waals surface area (Å²) in [6.07, 6.45) is 1.60. The third-order valence-corrected chi connectivity index (χ3v) is 4.55. The number of carbonyl (C=O) groups is 1. The lowest BCUT2D eigenvalue weighted by atomic mass is 9.71. The molecule has 1 heterocycles. The van der Waals surface area contributed by atoms with Crippen molar-refractivity contribution in [2.75, 3.05) is 17.5 Å². The fourth-order valence-corrected chi connectivity index (χ4v) is 3.26. The molecule has 1 aromatic rings. The Bertz CT molecular complexity index is 608. The molecule has 2 rings (SSSR count). The van der Waals surface area contributed by atoms with Crippen molar-refractivity contribution in [3.8, 4) is 0 Å². The second kappa shape index (κ2) is 5.09. The van der Waals surface area contributed by atoms with Crippen LogP contribution in [0.5, 0.6) is 0 Å². The van der Waals surface area contributed by atoms with Gasteiger partial charge < -0.3 is 5.32 Å². The quantitative estimate of drug-likeness (QED) is 0.883. The molecule has 1 aliphatic heterocycles. The van der Waals surface area contributed by atoms with E-state index in [0.717, 1.165) is 11.8 Å². The number of anilines is 1. The standard InChI is InChI=1S/C14H20N2O3S/c1-10(2)14(8-13(17)15-9-14)11-4-6-12(7-5-11)16-20(3,18)19/h4-7,10,16H,8-9H2,1-3H3,(H,15,17). The molecule has 1 amide bonds. The Labute approximate surface area is 119 Å². The molecule has 6 heteroatoms. The van der Waals surface area contributed by atoms with E-state index in [1.165, 1.54) is 0 Å². The molecule has 1 fully saturated rings. The minimum atomic E-state index is -3.27. The predicted octanol–water partition coefficient (Wildman–Crippen LogP) is 1.47. The Morgan fingerprint density at radius 3 is 2.25 bits per heavy atom. The van der Waals surface area contributed by atoms with E-state index in [1.807, 2.05) is 12.1 Å². The number of benzene rings is 1. The summed E-state index contributed by atoms with van der Waals surface area (Å²) in [6, 6.07) is 7.27. The normalized spacial score (nSPS) is 22.9. The lowest BCUT2D eigenvalue weighted by Crippen LogP contribution is -2.34. The molecule has 110 valence electrons. The lowest BCUT2D eigenvalue weighted by Gasteiger charge is -2.32. The van der Waals surface area contributed by atoms with E-state index in [9.17, 15) is 13.2 Å². The first kappa shape index (κ1) is 14.8. The fourth-order valence-electron chi connectivity index (χ4n) is 2.70. The van der Waals surface area contributed by atoms with Crippen LogP contribution in [0.1, 0.15) is 25.8 Å². The van der Waals surface area contributed by atoms with E-state index in [2.05, 4.69) is 23.9 Å². The second-order valence-electron chi connectivity index (χ2n) is 5.72. The molecule has 0 aromatic heterocycles. The van der Waals surface area contributed by atoms with Gasteiger partial charge in [-0.25, -0.2) is 8.42 Å². The number of hydrogen-bond acceptors (Lipinski definition) is 3. The highest BCUT2D eigenvalue weighted by molar-refractivity contribution is 7.92. The number of rotatable bonds is 4. The maximum Gasteiger partial charge on any atom is 0.229 e. The van der Waals surface area contributed by atoms with Gasteiger partial charge >= 0.3 is 0 Å². The van der Waals surface area contributed by atoms with E-state index >= 15 is 0 Å². The summed E-state index contributed by atoms with van der Waals surface area (Å²) in [7, 11) is -3.27. The van der Waals surface area contributed by atoms with Gasteiger partial charge in [-0.15, -0.1) is 0 Å². The van der Waals surface area contributed by atoms with Crippen LogP contribution in [-0.4, -0.2) is 27.1 Å². The van der Waals surface area contributed by atoms with Gasteiger partial charge in [0, 0.05) is 24.1 Å². The van der Waals surface area contributed by atoms with Gasteiger partial charge in [-0.2, -0.15) is 0 Å². The van der Waals surface area contributed by atoms with Crippen LogP contribution in [0.15, 0.2) is 24.3 Å².